The molecule has 1 N–H and O–H groups in total. The zero-order valence-electron chi connectivity index (χ0n) is 12.6. The molecule has 3 rings (SSSR count). The summed E-state index contributed by atoms with van der Waals surface area (Å²) in [7, 11) is 0. The van der Waals surface area contributed by atoms with Crippen molar-refractivity contribution in [2.24, 2.45) is 5.92 Å². The lowest BCUT2D eigenvalue weighted by Crippen LogP contribution is -2.41. The number of aryl methyl sites for hydroxylation is 1. The second-order valence-electron chi connectivity index (χ2n) is 5.70. The van der Waals surface area contributed by atoms with E-state index in [1.807, 2.05) is 17.0 Å². The number of thiazole rings is 1. The molecule has 0 aliphatic carbocycles. The van der Waals surface area contributed by atoms with Crippen molar-refractivity contribution in [3.63, 3.8) is 0 Å². The highest BCUT2D eigenvalue weighted by Gasteiger charge is 2.22. The van der Waals surface area contributed by atoms with Crippen LogP contribution in [0.25, 0.3) is 0 Å². The van der Waals surface area contributed by atoms with Crippen LogP contribution < -0.4 is 5.32 Å². The molecule has 2 aromatic heterocycles. The highest BCUT2D eigenvalue weighted by Crippen LogP contribution is 2.18. The molecule has 1 atom stereocenters. The Hall–Kier alpha value is -1.80. The first kappa shape index (κ1) is 15.1. The number of nitrogens with zero attached hydrogens (tertiary/aromatic N) is 5. The van der Waals surface area contributed by atoms with Crippen LogP contribution >= 0.6 is 11.3 Å². The van der Waals surface area contributed by atoms with Gasteiger partial charge in [-0.05, 0) is 32.2 Å². The summed E-state index contributed by atoms with van der Waals surface area (Å²) in [6.07, 6.45) is 5.59. The number of carbonyl (C=O) groups is 1. The standard InChI is InChI=1S/C14H20N6OS/c1-11-8-22-14(17-11)18-13(21)7-19-4-2-3-12(5-19)6-20-10-15-9-16-20/h8-10,12H,2-7H2,1H3,(H,17,18,21)/t12-/m1/s1. The lowest BCUT2D eigenvalue weighted by molar-refractivity contribution is -0.117. The van der Waals surface area contributed by atoms with Crippen LogP contribution in [0.4, 0.5) is 5.13 Å². The van der Waals surface area contributed by atoms with Gasteiger partial charge in [0.15, 0.2) is 5.13 Å². The molecule has 0 aromatic carbocycles. The Morgan fingerprint density at radius 2 is 2.45 bits per heavy atom. The second-order valence-corrected chi connectivity index (χ2v) is 6.56. The van der Waals surface area contributed by atoms with Gasteiger partial charge in [-0.15, -0.1) is 11.3 Å². The zero-order valence-corrected chi connectivity index (χ0v) is 13.4. The van der Waals surface area contributed by atoms with E-state index in [9.17, 15) is 4.79 Å². The minimum absolute atomic E-state index is 0.00996. The molecule has 1 amide bonds. The Kier molecular flexibility index (Phi) is 4.79. The average molecular weight is 320 g/mol. The molecule has 1 fully saturated rings. The monoisotopic (exact) mass is 320 g/mol. The quantitative estimate of drug-likeness (QED) is 0.901. The Balaban J connectivity index is 1.48. The third-order valence-electron chi connectivity index (χ3n) is 3.75. The van der Waals surface area contributed by atoms with Gasteiger partial charge in [0.25, 0.3) is 0 Å². The number of nitrogens with one attached hydrogen (secondary N) is 1. The van der Waals surface area contributed by atoms with Gasteiger partial charge in [-0.25, -0.2) is 9.97 Å². The Morgan fingerprint density at radius 3 is 3.18 bits per heavy atom. The van der Waals surface area contributed by atoms with Crippen LogP contribution in [0.2, 0.25) is 0 Å². The Labute approximate surface area is 133 Å². The summed E-state index contributed by atoms with van der Waals surface area (Å²) in [5, 5.41) is 9.64. The number of likely N-dealkylation sites (tertiary alicyclic amines) is 1. The molecule has 0 unspecified atom stereocenters. The molecule has 1 aliphatic rings. The van der Waals surface area contributed by atoms with E-state index in [4.69, 9.17) is 0 Å². The largest absolute Gasteiger partial charge is 0.301 e. The zero-order chi connectivity index (χ0) is 15.4. The van der Waals surface area contributed by atoms with E-state index in [0.29, 0.717) is 17.6 Å². The lowest BCUT2D eigenvalue weighted by Gasteiger charge is -2.31. The van der Waals surface area contributed by atoms with Crippen LogP contribution in [0.1, 0.15) is 18.5 Å². The van der Waals surface area contributed by atoms with Crippen molar-refractivity contribution >= 4 is 22.4 Å². The Bertz CT molecular complexity index is 611. The number of amides is 1. The number of hydrogen-bond donors (Lipinski definition) is 1. The molecule has 118 valence electrons. The van der Waals surface area contributed by atoms with E-state index < -0.39 is 0 Å². The van der Waals surface area contributed by atoms with Crippen molar-refractivity contribution in [2.45, 2.75) is 26.3 Å². The predicted octanol–water partition coefficient (Wildman–Crippen LogP) is 1.39. The van der Waals surface area contributed by atoms with E-state index in [-0.39, 0.29) is 5.91 Å². The van der Waals surface area contributed by atoms with Gasteiger partial charge in [0.05, 0.1) is 12.2 Å². The summed E-state index contributed by atoms with van der Waals surface area (Å²) in [4.78, 5) is 22.5. The predicted molar refractivity (Wildman–Crippen MR) is 84.7 cm³/mol. The summed E-state index contributed by atoms with van der Waals surface area (Å²) >= 11 is 1.46. The second kappa shape index (κ2) is 6.97. The van der Waals surface area contributed by atoms with E-state index in [0.717, 1.165) is 31.7 Å². The van der Waals surface area contributed by atoms with E-state index in [1.54, 1.807) is 12.7 Å². The third-order valence-corrected chi connectivity index (χ3v) is 4.62. The molecule has 1 aliphatic heterocycles. The summed E-state index contributed by atoms with van der Waals surface area (Å²) in [6.45, 7) is 5.10. The number of anilines is 1. The van der Waals surface area contributed by atoms with Gasteiger partial charge >= 0.3 is 0 Å². The van der Waals surface area contributed by atoms with Crippen LogP contribution in [0.15, 0.2) is 18.0 Å². The van der Waals surface area contributed by atoms with Crippen molar-refractivity contribution < 1.29 is 4.79 Å². The van der Waals surface area contributed by atoms with Crippen molar-refractivity contribution in [3.8, 4) is 0 Å². The number of aromatic nitrogens is 4. The first-order chi connectivity index (χ1) is 10.7. The molecule has 2 aromatic rings. The maximum atomic E-state index is 12.1. The number of piperidine rings is 1. The highest BCUT2D eigenvalue weighted by molar-refractivity contribution is 7.13. The van der Waals surface area contributed by atoms with Crippen molar-refractivity contribution in [1.82, 2.24) is 24.6 Å². The van der Waals surface area contributed by atoms with Gasteiger partial charge in [0, 0.05) is 18.5 Å². The van der Waals surface area contributed by atoms with Gasteiger partial charge in [0.1, 0.15) is 12.7 Å². The average Bonchev–Trinajstić information content (AvgIpc) is 3.11. The molecule has 3 heterocycles. The maximum Gasteiger partial charge on any atom is 0.240 e. The molecular formula is C14H20N6OS. The van der Waals surface area contributed by atoms with Crippen LogP contribution in [0.3, 0.4) is 0 Å². The van der Waals surface area contributed by atoms with Gasteiger partial charge in [-0.2, -0.15) is 5.10 Å². The molecular weight excluding hydrogens is 300 g/mol. The van der Waals surface area contributed by atoms with Crippen molar-refractivity contribution in [2.75, 3.05) is 25.0 Å². The van der Waals surface area contributed by atoms with Crippen LogP contribution in [-0.4, -0.2) is 50.2 Å². The summed E-state index contributed by atoms with van der Waals surface area (Å²) < 4.78 is 1.87. The van der Waals surface area contributed by atoms with Gasteiger partial charge in [-0.3, -0.25) is 14.4 Å². The van der Waals surface area contributed by atoms with Gasteiger partial charge < -0.3 is 5.32 Å². The first-order valence-corrected chi connectivity index (χ1v) is 8.34. The molecule has 7 nitrogen and oxygen atoms in total. The smallest absolute Gasteiger partial charge is 0.240 e. The number of carbonyl (C=O) groups excluding carboxylic acids is 1. The minimum Gasteiger partial charge on any atom is -0.301 e. The molecule has 8 heteroatoms. The van der Waals surface area contributed by atoms with Gasteiger partial charge in [-0.1, -0.05) is 0 Å². The fraction of sp³-hybridized carbons (Fsp3) is 0.571. The molecule has 0 bridgehead atoms. The highest BCUT2D eigenvalue weighted by atomic mass is 32.1. The molecule has 22 heavy (non-hydrogen) atoms. The van der Waals surface area contributed by atoms with Crippen LogP contribution in [0.5, 0.6) is 0 Å². The topological polar surface area (TPSA) is 75.9 Å². The van der Waals surface area contributed by atoms with Gasteiger partial charge in [0.2, 0.25) is 5.91 Å². The summed E-state index contributed by atoms with van der Waals surface area (Å²) in [5.74, 6) is 0.529. The fourth-order valence-corrected chi connectivity index (χ4v) is 3.51. The third kappa shape index (κ3) is 4.11. The van der Waals surface area contributed by atoms with Crippen LogP contribution in [-0.2, 0) is 11.3 Å². The first-order valence-electron chi connectivity index (χ1n) is 7.46. The van der Waals surface area contributed by atoms with Crippen molar-refractivity contribution in [3.05, 3.63) is 23.7 Å². The van der Waals surface area contributed by atoms with Crippen LogP contribution in [0, 0.1) is 12.8 Å². The molecule has 0 saturated carbocycles. The molecule has 0 radical (unpaired) electrons. The van der Waals surface area contributed by atoms with E-state index >= 15 is 0 Å². The molecule has 1 saturated heterocycles. The Morgan fingerprint density at radius 1 is 1.55 bits per heavy atom. The van der Waals surface area contributed by atoms with Crippen molar-refractivity contribution in [1.29, 1.82) is 0 Å². The fourth-order valence-electron chi connectivity index (χ4n) is 2.81. The lowest BCUT2D eigenvalue weighted by atomic mass is 9.98. The summed E-state index contributed by atoms with van der Waals surface area (Å²) in [5.41, 5.74) is 0.936. The number of hydrogen-bond acceptors (Lipinski definition) is 6. The maximum absolute atomic E-state index is 12.1. The normalized spacial score (nSPS) is 19.2. The SMILES string of the molecule is Cc1csc(NC(=O)CN2CCC[C@@H](Cn3cncn3)C2)n1. The summed E-state index contributed by atoms with van der Waals surface area (Å²) in [6, 6.07) is 0. The molecule has 0 spiro atoms. The van der Waals surface area contributed by atoms with E-state index in [1.165, 1.54) is 17.8 Å². The number of rotatable bonds is 5. The van der Waals surface area contributed by atoms with E-state index in [2.05, 4.69) is 25.3 Å². The minimum atomic E-state index is 0.00996.